The Bertz CT molecular complexity index is 401. The van der Waals surface area contributed by atoms with E-state index in [1.54, 1.807) is 0 Å². The monoisotopic (exact) mass is 206 g/mol. The molecular formula is C11H14N2O2. The number of hydrogen-bond donors (Lipinski definition) is 2. The molecule has 80 valence electrons. The third kappa shape index (κ3) is 1.75. The third-order valence-corrected chi connectivity index (χ3v) is 2.56. The maximum atomic E-state index is 11.2. The number of nitrogens with one attached hydrogen (secondary N) is 1. The van der Waals surface area contributed by atoms with Gasteiger partial charge in [-0.3, -0.25) is 0 Å². The molecule has 0 saturated carbocycles. The second-order valence-corrected chi connectivity index (χ2v) is 4.24. The van der Waals surface area contributed by atoms with E-state index in [-0.39, 0.29) is 12.1 Å². The van der Waals surface area contributed by atoms with Gasteiger partial charge in [0.2, 0.25) is 0 Å². The molecule has 1 aliphatic rings. The Morgan fingerprint density at radius 2 is 2.20 bits per heavy atom. The number of hydrogen-bond acceptors (Lipinski definition) is 3. The minimum Gasteiger partial charge on any atom is -0.441 e. The zero-order valence-electron chi connectivity index (χ0n) is 8.78. The third-order valence-electron chi connectivity index (χ3n) is 2.56. The van der Waals surface area contributed by atoms with Crippen molar-refractivity contribution in [1.82, 2.24) is 5.32 Å². The topological polar surface area (TPSA) is 64.3 Å². The Kier molecular flexibility index (Phi) is 2.07. The van der Waals surface area contributed by atoms with Gasteiger partial charge in [-0.1, -0.05) is 12.1 Å². The van der Waals surface area contributed by atoms with Crippen molar-refractivity contribution < 1.29 is 9.53 Å². The number of nitrogens with two attached hydrogens (primary N) is 1. The average Bonchev–Trinajstić information content (AvgIpc) is 2.39. The lowest BCUT2D eigenvalue weighted by atomic mass is 9.92. The van der Waals surface area contributed by atoms with E-state index in [1.165, 1.54) is 0 Å². The van der Waals surface area contributed by atoms with Crippen LogP contribution in [0, 0.1) is 0 Å². The number of carbonyl (C=O) groups is 1. The molecule has 1 aromatic carbocycles. The van der Waals surface area contributed by atoms with Crippen molar-refractivity contribution >= 4 is 11.8 Å². The zero-order valence-corrected chi connectivity index (χ0v) is 8.78. The van der Waals surface area contributed by atoms with Crippen molar-refractivity contribution in [2.75, 3.05) is 5.73 Å². The van der Waals surface area contributed by atoms with Crippen LogP contribution in [-0.4, -0.2) is 11.7 Å². The van der Waals surface area contributed by atoms with Gasteiger partial charge >= 0.3 is 6.09 Å². The fourth-order valence-corrected chi connectivity index (χ4v) is 1.84. The van der Waals surface area contributed by atoms with E-state index < -0.39 is 5.60 Å². The molecule has 1 heterocycles. The maximum absolute atomic E-state index is 11.2. The Labute approximate surface area is 88.4 Å². The van der Waals surface area contributed by atoms with Crippen LogP contribution in [0.5, 0.6) is 0 Å². The Morgan fingerprint density at radius 1 is 1.47 bits per heavy atom. The maximum Gasteiger partial charge on any atom is 0.408 e. The molecule has 1 aliphatic heterocycles. The van der Waals surface area contributed by atoms with Crippen molar-refractivity contribution in [2.24, 2.45) is 0 Å². The van der Waals surface area contributed by atoms with Gasteiger partial charge in [-0.25, -0.2) is 4.79 Å². The molecule has 0 aliphatic carbocycles. The largest absolute Gasteiger partial charge is 0.441 e. The lowest BCUT2D eigenvalue weighted by Crippen LogP contribution is -2.30. The quantitative estimate of drug-likeness (QED) is 0.689. The second kappa shape index (κ2) is 3.15. The highest BCUT2D eigenvalue weighted by molar-refractivity contribution is 5.71. The number of nitrogen functional groups attached to an aromatic ring is 1. The molecule has 1 amide bonds. The van der Waals surface area contributed by atoms with Gasteiger partial charge in [0.05, 0.1) is 6.04 Å². The predicted molar refractivity (Wildman–Crippen MR) is 57.3 cm³/mol. The summed E-state index contributed by atoms with van der Waals surface area (Å²) >= 11 is 0. The molecule has 2 rings (SSSR count). The van der Waals surface area contributed by atoms with Gasteiger partial charge in [-0.2, -0.15) is 0 Å². The molecule has 1 fully saturated rings. The van der Waals surface area contributed by atoms with Crippen LogP contribution < -0.4 is 11.1 Å². The summed E-state index contributed by atoms with van der Waals surface area (Å²) in [5.74, 6) is 0. The summed E-state index contributed by atoms with van der Waals surface area (Å²) in [5, 5.41) is 2.77. The van der Waals surface area contributed by atoms with Gasteiger partial charge in [0.15, 0.2) is 0 Å². The zero-order chi connectivity index (χ0) is 11.1. The first-order chi connectivity index (χ1) is 6.99. The number of benzene rings is 1. The minimum atomic E-state index is -0.537. The molecule has 1 aromatic rings. The molecule has 4 nitrogen and oxygen atoms in total. The average molecular weight is 206 g/mol. The summed E-state index contributed by atoms with van der Waals surface area (Å²) in [7, 11) is 0. The van der Waals surface area contributed by atoms with Gasteiger partial charge < -0.3 is 15.8 Å². The SMILES string of the molecule is CC1(C)OC(=O)NC1c1cccc(N)c1. The van der Waals surface area contributed by atoms with Crippen molar-refractivity contribution in [3.05, 3.63) is 29.8 Å². The Balaban J connectivity index is 2.35. The van der Waals surface area contributed by atoms with Crippen molar-refractivity contribution in [2.45, 2.75) is 25.5 Å². The highest BCUT2D eigenvalue weighted by atomic mass is 16.6. The Morgan fingerprint density at radius 3 is 2.73 bits per heavy atom. The molecule has 1 atom stereocenters. The van der Waals surface area contributed by atoms with Crippen LogP contribution in [0.15, 0.2) is 24.3 Å². The van der Waals surface area contributed by atoms with Gasteiger partial charge in [-0.05, 0) is 31.5 Å². The first kappa shape index (κ1) is 9.83. The Hall–Kier alpha value is -1.71. The van der Waals surface area contributed by atoms with Gasteiger partial charge in [0.1, 0.15) is 5.60 Å². The molecule has 0 bridgehead atoms. The van der Waals surface area contributed by atoms with E-state index in [9.17, 15) is 4.79 Å². The summed E-state index contributed by atoms with van der Waals surface area (Å²) in [6.07, 6.45) is -0.382. The van der Waals surface area contributed by atoms with E-state index in [4.69, 9.17) is 10.5 Å². The molecule has 3 N–H and O–H groups in total. The highest BCUT2D eigenvalue weighted by Gasteiger charge is 2.42. The molecule has 1 saturated heterocycles. The molecule has 1 unspecified atom stereocenters. The summed E-state index contributed by atoms with van der Waals surface area (Å²) in [6.45, 7) is 3.75. The normalized spacial score (nSPS) is 23.3. The first-order valence-corrected chi connectivity index (χ1v) is 4.84. The lowest BCUT2D eigenvalue weighted by molar-refractivity contribution is 0.0684. The van der Waals surface area contributed by atoms with E-state index in [2.05, 4.69) is 5.32 Å². The van der Waals surface area contributed by atoms with Gasteiger partial charge in [0.25, 0.3) is 0 Å². The molecule has 0 spiro atoms. The van der Waals surface area contributed by atoms with Gasteiger partial charge in [-0.15, -0.1) is 0 Å². The summed E-state index contributed by atoms with van der Waals surface area (Å²) < 4.78 is 5.16. The summed E-state index contributed by atoms with van der Waals surface area (Å²) in [6, 6.07) is 7.31. The fraction of sp³-hybridized carbons (Fsp3) is 0.364. The summed E-state index contributed by atoms with van der Waals surface area (Å²) in [5.41, 5.74) is 6.81. The smallest absolute Gasteiger partial charge is 0.408 e. The van der Waals surface area contributed by atoms with Crippen LogP contribution in [-0.2, 0) is 4.74 Å². The van der Waals surface area contributed by atoms with Crippen LogP contribution in [0.3, 0.4) is 0 Å². The fourth-order valence-electron chi connectivity index (χ4n) is 1.84. The number of alkyl carbamates (subject to hydrolysis) is 1. The van der Waals surface area contributed by atoms with E-state index in [0.717, 1.165) is 5.56 Å². The number of rotatable bonds is 1. The van der Waals surface area contributed by atoms with E-state index in [0.29, 0.717) is 5.69 Å². The first-order valence-electron chi connectivity index (χ1n) is 4.84. The van der Waals surface area contributed by atoms with Crippen LogP contribution in [0.2, 0.25) is 0 Å². The molecule has 15 heavy (non-hydrogen) atoms. The van der Waals surface area contributed by atoms with Crippen molar-refractivity contribution in [1.29, 1.82) is 0 Å². The lowest BCUT2D eigenvalue weighted by Gasteiger charge is -2.23. The standard InChI is InChI=1S/C11H14N2O2/c1-11(2)9(13-10(14)15-11)7-4-3-5-8(12)6-7/h3-6,9H,12H2,1-2H3,(H,13,14). The predicted octanol–water partition coefficient (Wildman–Crippen LogP) is 1.83. The van der Waals surface area contributed by atoms with Gasteiger partial charge in [0, 0.05) is 5.69 Å². The second-order valence-electron chi connectivity index (χ2n) is 4.24. The highest BCUT2D eigenvalue weighted by Crippen LogP contribution is 2.34. The number of carbonyl (C=O) groups excluding carboxylic acids is 1. The number of amides is 1. The molecular weight excluding hydrogens is 192 g/mol. The minimum absolute atomic E-state index is 0.145. The van der Waals surface area contributed by atoms with Crippen LogP contribution >= 0.6 is 0 Å². The van der Waals surface area contributed by atoms with Crippen LogP contribution in [0.4, 0.5) is 10.5 Å². The molecule has 0 aromatic heterocycles. The molecule has 4 heteroatoms. The number of anilines is 1. The van der Waals surface area contributed by atoms with E-state index in [1.807, 2.05) is 38.1 Å². The van der Waals surface area contributed by atoms with Crippen molar-refractivity contribution in [3.63, 3.8) is 0 Å². The van der Waals surface area contributed by atoms with E-state index >= 15 is 0 Å². The number of ether oxygens (including phenoxy) is 1. The molecule has 0 radical (unpaired) electrons. The van der Waals surface area contributed by atoms with Crippen molar-refractivity contribution in [3.8, 4) is 0 Å². The summed E-state index contributed by atoms with van der Waals surface area (Å²) in [4.78, 5) is 11.2. The van der Waals surface area contributed by atoms with Crippen LogP contribution in [0.25, 0.3) is 0 Å². The van der Waals surface area contributed by atoms with Crippen LogP contribution in [0.1, 0.15) is 25.5 Å². The number of cyclic esters (lactones) is 1.